The predicted octanol–water partition coefficient (Wildman–Crippen LogP) is 1.14. The molecule has 1 aliphatic rings. The Bertz CT molecular complexity index is 336. The van der Waals surface area contributed by atoms with E-state index in [1.54, 1.807) is 12.1 Å². The van der Waals surface area contributed by atoms with Gasteiger partial charge in [-0.2, -0.15) is 0 Å². The molecule has 1 heterocycles. The number of rotatable bonds is 1. The van der Waals surface area contributed by atoms with Crippen LogP contribution < -0.4 is 15.2 Å². The Morgan fingerprint density at radius 2 is 2.23 bits per heavy atom. The Morgan fingerprint density at radius 3 is 2.92 bits per heavy atom. The number of hydrogen-bond donors (Lipinski definition) is 2. The number of benzene rings is 1. The zero-order valence-electron chi connectivity index (χ0n) is 7.28. The Morgan fingerprint density at radius 1 is 1.46 bits per heavy atom. The first-order valence-electron chi connectivity index (χ1n) is 4.06. The first-order valence-corrected chi connectivity index (χ1v) is 4.06. The lowest BCUT2D eigenvalue weighted by molar-refractivity contribution is 0.171. The lowest BCUT2D eigenvalue weighted by atomic mass is 10.1. The van der Waals surface area contributed by atoms with Gasteiger partial charge in [0.1, 0.15) is 0 Å². The molecule has 0 spiro atoms. The van der Waals surface area contributed by atoms with Crippen LogP contribution in [0.2, 0.25) is 0 Å². The van der Waals surface area contributed by atoms with E-state index in [0.717, 1.165) is 5.56 Å². The molecule has 1 aromatic rings. The summed E-state index contributed by atoms with van der Waals surface area (Å²) in [5.41, 5.74) is 6.50. The number of phenols is 1. The fourth-order valence-corrected chi connectivity index (χ4v) is 1.28. The van der Waals surface area contributed by atoms with Crippen molar-refractivity contribution in [3.8, 4) is 17.2 Å². The van der Waals surface area contributed by atoms with Crippen LogP contribution >= 0.6 is 0 Å². The SMILES string of the molecule is CC(N)c1cc(O)c2c(c1)OCO2. The normalized spacial score (nSPS) is 15.8. The summed E-state index contributed by atoms with van der Waals surface area (Å²) in [6.45, 7) is 2.00. The third-order valence-electron chi connectivity index (χ3n) is 2.00. The molecule has 0 bridgehead atoms. The summed E-state index contributed by atoms with van der Waals surface area (Å²) in [6.07, 6.45) is 0. The van der Waals surface area contributed by atoms with Gasteiger partial charge in [-0.3, -0.25) is 0 Å². The van der Waals surface area contributed by atoms with E-state index in [1.165, 1.54) is 0 Å². The summed E-state index contributed by atoms with van der Waals surface area (Å²) in [6, 6.07) is 3.26. The van der Waals surface area contributed by atoms with Crippen molar-refractivity contribution in [3.63, 3.8) is 0 Å². The third-order valence-corrected chi connectivity index (χ3v) is 2.00. The van der Waals surface area contributed by atoms with Crippen molar-refractivity contribution in [3.05, 3.63) is 17.7 Å². The topological polar surface area (TPSA) is 64.7 Å². The van der Waals surface area contributed by atoms with Gasteiger partial charge in [0.05, 0.1) is 0 Å². The van der Waals surface area contributed by atoms with Gasteiger partial charge in [-0.1, -0.05) is 0 Å². The maximum Gasteiger partial charge on any atom is 0.231 e. The number of nitrogens with two attached hydrogens (primary N) is 1. The summed E-state index contributed by atoms with van der Waals surface area (Å²) in [5, 5.41) is 9.50. The van der Waals surface area contributed by atoms with Crippen LogP contribution in [0.4, 0.5) is 0 Å². The first kappa shape index (κ1) is 8.19. The van der Waals surface area contributed by atoms with Crippen molar-refractivity contribution in [2.24, 2.45) is 5.73 Å². The molecule has 1 aromatic carbocycles. The summed E-state index contributed by atoms with van der Waals surface area (Å²) in [5.74, 6) is 1.05. The van der Waals surface area contributed by atoms with Gasteiger partial charge < -0.3 is 20.3 Å². The van der Waals surface area contributed by atoms with E-state index in [0.29, 0.717) is 11.5 Å². The van der Waals surface area contributed by atoms with Crippen LogP contribution in [0.3, 0.4) is 0 Å². The highest BCUT2D eigenvalue weighted by Crippen LogP contribution is 2.41. The highest BCUT2D eigenvalue weighted by atomic mass is 16.7. The maximum absolute atomic E-state index is 9.50. The van der Waals surface area contributed by atoms with E-state index in [-0.39, 0.29) is 18.6 Å². The van der Waals surface area contributed by atoms with Gasteiger partial charge in [-0.15, -0.1) is 0 Å². The number of phenolic OH excluding ortho intramolecular Hbond substituents is 1. The van der Waals surface area contributed by atoms with E-state index in [1.807, 2.05) is 6.92 Å². The molecule has 0 aliphatic carbocycles. The van der Waals surface area contributed by atoms with Gasteiger partial charge in [0.15, 0.2) is 11.5 Å². The summed E-state index contributed by atoms with van der Waals surface area (Å²) in [7, 11) is 0. The Labute approximate surface area is 75.9 Å². The minimum Gasteiger partial charge on any atom is -0.504 e. The molecule has 0 fully saturated rings. The molecule has 1 unspecified atom stereocenters. The van der Waals surface area contributed by atoms with Crippen LogP contribution in [0.5, 0.6) is 17.2 Å². The third kappa shape index (κ3) is 1.29. The summed E-state index contributed by atoms with van der Waals surface area (Å²) in [4.78, 5) is 0. The fourth-order valence-electron chi connectivity index (χ4n) is 1.28. The Hall–Kier alpha value is -1.42. The van der Waals surface area contributed by atoms with Crippen LogP contribution in [0.25, 0.3) is 0 Å². The van der Waals surface area contributed by atoms with Crippen LogP contribution in [-0.4, -0.2) is 11.9 Å². The molecular weight excluding hydrogens is 170 g/mol. The van der Waals surface area contributed by atoms with Crippen LogP contribution in [-0.2, 0) is 0 Å². The Kier molecular flexibility index (Phi) is 1.77. The maximum atomic E-state index is 9.50. The lowest BCUT2D eigenvalue weighted by Gasteiger charge is -2.07. The number of aromatic hydroxyl groups is 1. The highest BCUT2D eigenvalue weighted by molar-refractivity contribution is 5.54. The lowest BCUT2D eigenvalue weighted by Crippen LogP contribution is -2.04. The van der Waals surface area contributed by atoms with Gasteiger partial charge in [-0.25, -0.2) is 0 Å². The molecule has 0 saturated carbocycles. The smallest absolute Gasteiger partial charge is 0.231 e. The zero-order chi connectivity index (χ0) is 9.42. The number of ether oxygens (including phenoxy) is 2. The molecule has 0 saturated heterocycles. The molecule has 1 atom stereocenters. The number of hydrogen-bond acceptors (Lipinski definition) is 4. The average Bonchev–Trinajstić information content (AvgIpc) is 2.51. The van der Waals surface area contributed by atoms with Crippen molar-refractivity contribution >= 4 is 0 Å². The van der Waals surface area contributed by atoms with Gasteiger partial charge in [-0.05, 0) is 24.6 Å². The molecule has 3 N–H and O–H groups in total. The van der Waals surface area contributed by atoms with Crippen LogP contribution in [0, 0.1) is 0 Å². The molecule has 0 amide bonds. The van der Waals surface area contributed by atoms with Crippen molar-refractivity contribution in [1.29, 1.82) is 0 Å². The zero-order valence-corrected chi connectivity index (χ0v) is 7.28. The van der Waals surface area contributed by atoms with Gasteiger partial charge in [0.25, 0.3) is 0 Å². The summed E-state index contributed by atoms with van der Waals surface area (Å²) >= 11 is 0. The second-order valence-corrected chi connectivity index (χ2v) is 3.06. The molecule has 1 aliphatic heterocycles. The Balaban J connectivity index is 2.49. The van der Waals surface area contributed by atoms with Crippen molar-refractivity contribution in [1.82, 2.24) is 0 Å². The molecule has 0 aromatic heterocycles. The average molecular weight is 181 g/mol. The fraction of sp³-hybridized carbons (Fsp3) is 0.333. The van der Waals surface area contributed by atoms with E-state index in [4.69, 9.17) is 15.2 Å². The van der Waals surface area contributed by atoms with Gasteiger partial charge in [0, 0.05) is 6.04 Å². The monoisotopic (exact) mass is 181 g/mol. The van der Waals surface area contributed by atoms with Gasteiger partial charge >= 0.3 is 0 Å². The highest BCUT2D eigenvalue weighted by Gasteiger charge is 2.19. The number of fused-ring (bicyclic) bond motifs is 1. The first-order chi connectivity index (χ1) is 6.18. The largest absolute Gasteiger partial charge is 0.504 e. The quantitative estimate of drug-likeness (QED) is 0.681. The van der Waals surface area contributed by atoms with Crippen molar-refractivity contribution in [2.45, 2.75) is 13.0 Å². The molecule has 0 radical (unpaired) electrons. The van der Waals surface area contributed by atoms with Crippen molar-refractivity contribution in [2.75, 3.05) is 6.79 Å². The molecular formula is C9H11NO3. The summed E-state index contributed by atoms with van der Waals surface area (Å²) < 4.78 is 10.2. The van der Waals surface area contributed by atoms with Crippen LogP contribution in [0.1, 0.15) is 18.5 Å². The standard InChI is InChI=1S/C9H11NO3/c1-5(10)6-2-7(11)9-8(3-6)12-4-13-9/h2-3,5,11H,4,10H2,1H3. The second kappa shape index (κ2) is 2.81. The minimum atomic E-state index is -0.125. The molecule has 13 heavy (non-hydrogen) atoms. The van der Waals surface area contributed by atoms with Crippen molar-refractivity contribution < 1.29 is 14.6 Å². The van der Waals surface area contributed by atoms with E-state index in [9.17, 15) is 5.11 Å². The molecule has 70 valence electrons. The van der Waals surface area contributed by atoms with E-state index >= 15 is 0 Å². The van der Waals surface area contributed by atoms with E-state index in [2.05, 4.69) is 0 Å². The van der Waals surface area contributed by atoms with Crippen LogP contribution in [0.15, 0.2) is 12.1 Å². The second-order valence-electron chi connectivity index (χ2n) is 3.06. The van der Waals surface area contributed by atoms with E-state index < -0.39 is 0 Å². The molecule has 4 nitrogen and oxygen atoms in total. The predicted molar refractivity (Wildman–Crippen MR) is 46.8 cm³/mol. The minimum absolute atomic E-state index is 0.0855. The van der Waals surface area contributed by atoms with Gasteiger partial charge in [0.2, 0.25) is 12.5 Å². The molecule has 2 rings (SSSR count). The molecule has 4 heteroatoms.